The fourth-order valence-electron chi connectivity index (χ4n) is 3.36. The quantitative estimate of drug-likeness (QED) is 0.828. The lowest BCUT2D eigenvalue weighted by Crippen LogP contribution is -2.51. The molecule has 0 N–H and O–H groups in total. The van der Waals surface area contributed by atoms with Gasteiger partial charge in [-0.1, -0.05) is 18.9 Å². The van der Waals surface area contributed by atoms with Crippen molar-refractivity contribution in [3.8, 4) is 0 Å². The Kier molecular flexibility index (Phi) is 4.01. The van der Waals surface area contributed by atoms with Crippen LogP contribution in [-0.2, 0) is 0 Å². The second-order valence-corrected chi connectivity index (χ2v) is 5.78. The van der Waals surface area contributed by atoms with Gasteiger partial charge in [0, 0.05) is 37.8 Å². The SMILES string of the molecule is O=C(c1cccc(F)c1)N1CCN(C2CCCC2)CC1. The molecule has 0 atom stereocenters. The zero-order chi connectivity index (χ0) is 13.9. The normalized spacial score (nSPS) is 21.4. The third-order valence-electron chi connectivity index (χ3n) is 4.51. The van der Waals surface area contributed by atoms with Gasteiger partial charge in [-0.15, -0.1) is 0 Å². The molecule has 3 nitrogen and oxygen atoms in total. The van der Waals surface area contributed by atoms with Crippen molar-refractivity contribution >= 4 is 5.91 Å². The van der Waals surface area contributed by atoms with E-state index in [-0.39, 0.29) is 11.7 Å². The van der Waals surface area contributed by atoms with Crippen molar-refractivity contribution in [2.24, 2.45) is 0 Å². The highest BCUT2D eigenvalue weighted by atomic mass is 19.1. The van der Waals surface area contributed by atoms with Gasteiger partial charge in [0.15, 0.2) is 0 Å². The highest BCUT2D eigenvalue weighted by Gasteiger charge is 2.28. The average Bonchev–Trinajstić information content (AvgIpc) is 3.01. The molecule has 3 rings (SSSR count). The number of rotatable bonds is 2. The van der Waals surface area contributed by atoms with Crippen LogP contribution in [0.3, 0.4) is 0 Å². The summed E-state index contributed by atoms with van der Waals surface area (Å²) in [5.74, 6) is -0.393. The van der Waals surface area contributed by atoms with Crippen LogP contribution in [0.2, 0.25) is 0 Å². The third kappa shape index (κ3) is 2.85. The second-order valence-electron chi connectivity index (χ2n) is 5.78. The highest BCUT2D eigenvalue weighted by Crippen LogP contribution is 2.24. The van der Waals surface area contributed by atoms with Gasteiger partial charge < -0.3 is 4.90 Å². The Labute approximate surface area is 119 Å². The molecule has 108 valence electrons. The molecule has 2 aliphatic rings. The van der Waals surface area contributed by atoms with Gasteiger partial charge in [0.1, 0.15) is 5.82 Å². The molecule has 1 aromatic carbocycles. The Morgan fingerprint density at radius 3 is 2.45 bits per heavy atom. The lowest BCUT2D eigenvalue weighted by molar-refractivity contribution is 0.0573. The summed E-state index contributed by atoms with van der Waals surface area (Å²) in [5, 5.41) is 0. The highest BCUT2D eigenvalue weighted by molar-refractivity contribution is 5.94. The summed E-state index contributed by atoms with van der Waals surface area (Å²) in [6.45, 7) is 3.41. The molecule has 1 saturated heterocycles. The van der Waals surface area contributed by atoms with Gasteiger partial charge in [0.2, 0.25) is 0 Å². The molecule has 0 bridgehead atoms. The number of carbonyl (C=O) groups excluding carboxylic acids is 1. The first-order valence-electron chi connectivity index (χ1n) is 7.53. The molecule has 1 aliphatic carbocycles. The fourth-order valence-corrected chi connectivity index (χ4v) is 3.36. The van der Waals surface area contributed by atoms with Gasteiger partial charge in [0.25, 0.3) is 5.91 Å². The van der Waals surface area contributed by atoms with Crippen LogP contribution in [0.15, 0.2) is 24.3 Å². The fraction of sp³-hybridized carbons (Fsp3) is 0.562. The molecule has 0 unspecified atom stereocenters. The number of hydrogen-bond donors (Lipinski definition) is 0. The first-order valence-corrected chi connectivity index (χ1v) is 7.53. The Balaban J connectivity index is 1.58. The van der Waals surface area contributed by atoms with E-state index in [9.17, 15) is 9.18 Å². The van der Waals surface area contributed by atoms with Crippen molar-refractivity contribution in [2.45, 2.75) is 31.7 Å². The largest absolute Gasteiger partial charge is 0.336 e. The molecule has 1 aromatic rings. The number of nitrogens with zero attached hydrogens (tertiary/aromatic N) is 2. The van der Waals surface area contributed by atoms with Crippen LogP contribution < -0.4 is 0 Å². The molecular formula is C16H21FN2O. The molecule has 1 amide bonds. The molecule has 1 saturated carbocycles. The summed E-state index contributed by atoms with van der Waals surface area (Å²) >= 11 is 0. The van der Waals surface area contributed by atoms with E-state index in [0.29, 0.717) is 5.56 Å². The van der Waals surface area contributed by atoms with E-state index in [4.69, 9.17) is 0 Å². The molecule has 4 heteroatoms. The molecule has 0 radical (unpaired) electrons. The van der Waals surface area contributed by atoms with Gasteiger partial charge >= 0.3 is 0 Å². The Morgan fingerprint density at radius 2 is 1.80 bits per heavy atom. The van der Waals surface area contributed by atoms with Gasteiger partial charge in [0.05, 0.1) is 0 Å². The molecule has 0 aromatic heterocycles. The van der Waals surface area contributed by atoms with E-state index in [1.54, 1.807) is 12.1 Å². The zero-order valence-corrected chi connectivity index (χ0v) is 11.7. The van der Waals surface area contributed by atoms with Gasteiger partial charge in [-0.2, -0.15) is 0 Å². The lowest BCUT2D eigenvalue weighted by Gasteiger charge is -2.38. The number of hydrogen-bond acceptors (Lipinski definition) is 2. The number of halogens is 1. The van der Waals surface area contributed by atoms with E-state index in [0.717, 1.165) is 32.2 Å². The van der Waals surface area contributed by atoms with Gasteiger partial charge in [-0.3, -0.25) is 9.69 Å². The Hall–Kier alpha value is -1.42. The Bertz CT molecular complexity index is 477. The van der Waals surface area contributed by atoms with E-state index < -0.39 is 0 Å². The monoisotopic (exact) mass is 276 g/mol. The van der Waals surface area contributed by atoms with Crippen LogP contribution >= 0.6 is 0 Å². The predicted molar refractivity (Wildman–Crippen MR) is 76.1 cm³/mol. The van der Waals surface area contributed by atoms with Gasteiger partial charge in [-0.25, -0.2) is 4.39 Å². The number of amides is 1. The van der Waals surface area contributed by atoms with Crippen LogP contribution in [0, 0.1) is 5.82 Å². The van der Waals surface area contributed by atoms with Crippen molar-refractivity contribution in [3.05, 3.63) is 35.6 Å². The number of benzene rings is 1. The first kappa shape index (κ1) is 13.6. The average molecular weight is 276 g/mol. The van der Waals surface area contributed by atoms with Crippen molar-refractivity contribution in [2.75, 3.05) is 26.2 Å². The molecule has 2 fully saturated rings. The molecular weight excluding hydrogens is 255 g/mol. The summed E-state index contributed by atoms with van der Waals surface area (Å²) in [6, 6.07) is 6.70. The molecule has 1 aliphatic heterocycles. The minimum absolute atomic E-state index is 0.0458. The minimum atomic E-state index is -0.347. The Morgan fingerprint density at radius 1 is 1.10 bits per heavy atom. The van der Waals surface area contributed by atoms with Crippen LogP contribution in [0.4, 0.5) is 4.39 Å². The van der Waals surface area contributed by atoms with Crippen LogP contribution in [0.1, 0.15) is 36.0 Å². The summed E-state index contributed by atoms with van der Waals surface area (Å²) in [4.78, 5) is 16.7. The molecule has 20 heavy (non-hydrogen) atoms. The maximum atomic E-state index is 13.2. The summed E-state index contributed by atoms with van der Waals surface area (Å²) in [7, 11) is 0. The van der Waals surface area contributed by atoms with Crippen LogP contribution in [0.5, 0.6) is 0 Å². The standard InChI is InChI=1S/C16H21FN2O/c17-14-5-3-4-13(12-14)16(20)19-10-8-18(9-11-19)15-6-1-2-7-15/h3-5,12,15H,1-2,6-11H2. The third-order valence-corrected chi connectivity index (χ3v) is 4.51. The number of piperazine rings is 1. The summed E-state index contributed by atoms with van der Waals surface area (Å²) in [5.41, 5.74) is 0.458. The zero-order valence-electron chi connectivity index (χ0n) is 11.7. The van der Waals surface area contributed by atoms with Crippen molar-refractivity contribution < 1.29 is 9.18 Å². The summed E-state index contributed by atoms with van der Waals surface area (Å²) < 4.78 is 13.2. The second kappa shape index (κ2) is 5.92. The van der Waals surface area contributed by atoms with Gasteiger partial charge in [-0.05, 0) is 31.0 Å². The maximum absolute atomic E-state index is 13.2. The van der Waals surface area contributed by atoms with E-state index >= 15 is 0 Å². The first-order chi connectivity index (χ1) is 9.74. The summed E-state index contributed by atoms with van der Waals surface area (Å²) in [6.07, 6.45) is 5.29. The topological polar surface area (TPSA) is 23.6 Å². The van der Waals surface area contributed by atoms with Crippen molar-refractivity contribution in [3.63, 3.8) is 0 Å². The van der Waals surface area contributed by atoms with E-state index in [1.165, 1.54) is 37.8 Å². The smallest absolute Gasteiger partial charge is 0.254 e. The molecule has 1 heterocycles. The predicted octanol–water partition coefficient (Wildman–Crippen LogP) is 2.53. The van der Waals surface area contributed by atoms with Crippen LogP contribution in [-0.4, -0.2) is 47.9 Å². The minimum Gasteiger partial charge on any atom is -0.336 e. The van der Waals surface area contributed by atoms with E-state index in [1.807, 2.05) is 4.90 Å². The van der Waals surface area contributed by atoms with Crippen molar-refractivity contribution in [1.82, 2.24) is 9.80 Å². The van der Waals surface area contributed by atoms with Crippen LogP contribution in [0.25, 0.3) is 0 Å². The number of carbonyl (C=O) groups is 1. The van der Waals surface area contributed by atoms with Crippen molar-refractivity contribution in [1.29, 1.82) is 0 Å². The lowest BCUT2D eigenvalue weighted by atomic mass is 10.1. The maximum Gasteiger partial charge on any atom is 0.254 e. The molecule has 0 spiro atoms. The van der Waals surface area contributed by atoms with E-state index in [2.05, 4.69) is 4.90 Å².